The van der Waals surface area contributed by atoms with Crippen molar-refractivity contribution in [2.24, 2.45) is 11.8 Å². The SMILES string of the molecule is C[C@]12C=CCN(Cc3ccccc3)C(=O)[C@H]1[C@H]1C(=O)N(CCCCO)C3C(=O)N(Cc4ccccc4)CC=C[C@@]31O2. The van der Waals surface area contributed by atoms with Gasteiger partial charge in [-0.15, -0.1) is 0 Å². The summed E-state index contributed by atoms with van der Waals surface area (Å²) in [6.07, 6.45) is 8.73. The van der Waals surface area contributed by atoms with E-state index < -0.39 is 29.1 Å². The second-order valence-electron chi connectivity index (χ2n) is 11.7. The fourth-order valence-corrected chi connectivity index (χ4v) is 7.14. The first-order chi connectivity index (χ1) is 19.9. The van der Waals surface area contributed by atoms with Crippen LogP contribution in [-0.4, -0.2) is 81.0 Å². The van der Waals surface area contributed by atoms with Gasteiger partial charge in [0.2, 0.25) is 17.7 Å². The number of benzene rings is 2. The van der Waals surface area contributed by atoms with Crippen LogP contribution in [0, 0.1) is 11.8 Å². The van der Waals surface area contributed by atoms with Gasteiger partial charge in [-0.25, -0.2) is 0 Å². The van der Waals surface area contributed by atoms with Crippen LogP contribution in [0.5, 0.6) is 0 Å². The fourth-order valence-electron chi connectivity index (χ4n) is 7.14. The molecule has 1 unspecified atom stereocenters. The van der Waals surface area contributed by atoms with E-state index in [0.29, 0.717) is 45.6 Å². The number of fused-ring (bicyclic) bond motifs is 2. The molecule has 0 aromatic heterocycles. The number of aliphatic hydroxyl groups is 1. The second-order valence-corrected chi connectivity index (χ2v) is 11.7. The van der Waals surface area contributed by atoms with Gasteiger partial charge >= 0.3 is 0 Å². The van der Waals surface area contributed by atoms with E-state index in [9.17, 15) is 19.5 Å². The molecule has 2 fully saturated rings. The molecule has 0 aliphatic carbocycles. The van der Waals surface area contributed by atoms with Crippen molar-refractivity contribution in [3.8, 4) is 0 Å². The Morgan fingerprint density at radius 3 is 1.98 bits per heavy atom. The van der Waals surface area contributed by atoms with Crippen LogP contribution >= 0.6 is 0 Å². The lowest BCUT2D eigenvalue weighted by molar-refractivity contribution is -0.153. The minimum absolute atomic E-state index is 0.00414. The van der Waals surface area contributed by atoms with Gasteiger partial charge in [-0.2, -0.15) is 0 Å². The Hall–Kier alpha value is -3.75. The summed E-state index contributed by atoms with van der Waals surface area (Å²) in [7, 11) is 0. The van der Waals surface area contributed by atoms with Gasteiger partial charge < -0.3 is 24.5 Å². The highest BCUT2D eigenvalue weighted by Gasteiger charge is 2.74. The Morgan fingerprint density at radius 2 is 1.37 bits per heavy atom. The van der Waals surface area contributed by atoms with Crippen LogP contribution in [-0.2, 0) is 32.2 Å². The average Bonchev–Trinajstić information content (AvgIpc) is 3.25. The molecule has 1 spiro atoms. The number of carbonyl (C=O) groups is 3. The summed E-state index contributed by atoms with van der Waals surface area (Å²) in [5.41, 5.74) is -0.309. The van der Waals surface area contributed by atoms with Crippen LogP contribution in [0.15, 0.2) is 85.0 Å². The maximum Gasteiger partial charge on any atom is 0.249 e. The maximum atomic E-state index is 14.4. The highest BCUT2D eigenvalue weighted by Crippen LogP contribution is 2.57. The van der Waals surface area contributed by atoms with E-state index in [1.54, 1.807) is 14.7 Å². The van der Waals surface area contributed by atoms with Crippen LogP contribution in [0.4, 0.5) is 0 Å². The predicted octanol–water partition coefficient (Wildman–Crippen LogP) is 2.93. The number of hydrogen-bond acceptors (Lipinski definition) is 5. The number of hydrogen-bond donors (Lipinski definition) is 1. The number of unbranched alkanes of at least 4 members (excludes halogenated alkanes) is 1. The molecule has 3 amide bonds. The van der Waals surface area contributed by atoms with Gasteiger partial charge in [0, 0.05) is 39.3 Å². The molecule has 6 rings (SSSR count). The minimum atomic E-state index is -1.27. The molecule has 5 atom stereocenters. The molecule has 0 saturated carbocycles. The standard InChI is InChI=1S/C33H37N3O5/c1-32-16-10-18-34(22-24-12-4-2-5-13-24)29(38)26(32)27-30(39)36(20-8-9-21-37)28-31(40)35(19-11-17-33(27,28)41-32)23-25-14-6-3-7-15-25/h2-7,10-17,26-28,37H,8-9,18-23H2,1H3/t26-,27+,28?,32+,33+/m1/s1. The molecule has 0 bridgehead atoms. The fraction of sp³-hybridized carbons (Fsp3) is 0.424. The molecule has 4 aliphatic heterocycles. The van der Waals surface area contributed by atoms with Gasteiger partial charge in [0.25, 0.3) is 0 Å². The summed E-state index contributed by atoms with van der Waals surface area (Å²) in [6, 6.07) is 18.7. The minimum Gasteiger partial charge on any atom is -0.396 e. The molecule has 8 nitrogen and oxygen atoms in total. The van der Waals surface area contributed by atoms with Gasteiger partial charge in [0.1, 0.15) is 11.6 Å². The largest absolute Gasteiger partial charge is 0.396 e. The van der Waals surface area contributed by atoms with Crippen molar-refractivity contribution in [1.29, 1.82) is 0 Å². The second kappa shape index (κ2) is 10.9. The van der Waals surface area contributed by atoms with Crippen LogP contribution < -0.4 is 0 Å². The van der Waals surface area contributed by atoms with E-state index in [2.05, 4.69) is 0 Å². The predicted molar refractivity (Wildman–Crippen MR) is 153 cm³/mol. The van der Waals surface area contributed by atoms with Crippen LogP contribution in [0.2, 0.25) is 0 Å². The first-order valence-electron chi connectivity index (χ1n) is 14.5. The number of aliphatic hydroxyl groups excluding tert-OH is 1. The lowest BCUT2D eigenvalue weighted by Crippen LogP contribution is -2.55. The summed E-state index contributed by atoms with van der Waals surface area (Å²) < 4.78 is 6.89. The topological polar surface area (TPSA) is 90.4 Å². The van der Waals surface area contributed by atoms with E-state index in [1.165, 1.54) is 0 Å². The Morgan fingerprint density at radius 1 is 0.780 bits per heavy atom. The van der Waals surface area contributed by atoms with E-state index in [0.717, 1.165) is 11.1 Å². The Balaban J connectivity index is 1.38. The van der Waals surface area contributed by atoms with Gasteiger partial charge in [-0.05, 0) is 30.9 Å². The third-order valence-electron chi connectivity index (χ3n) is 8.96. The molecule has 4 heterocycles. The van der Waals surface area contributed by atoms with Crippen molar-refractivity contribution >= 4 is 17.7 Å². The smallest absolute Gasteiger partial charge is 0.249 e. The van der Waals surface area contributed by atoms with E-state index in [4.69, 9.17) is 4.74 Å². The summed E-state index contributed by atoms with van der Waals surface area (Å²) in [5, 5.41) is 9.43. The zero-order chi connectivity index (χ0) is 28.6. The molecule has 0 radical (unpaired) electrons. The molecular weight excluding hydrogens is 518 g/mol. The Bertz CT molecular complexity index is 1360. The average molecular weight is 556 g/mol. The van der Waals surface area contributed by atoms with Gasteiger partial charge in [0.05, 0.1) is 17.4 Å². The normalized spacial score (nSPS) is 30.7. The van der Waals surface area contributed by atoms with Crippen molar-refractivity contribution < 1.29 is 24.2 Å². The van der Waals surface area contributed by atoms with E-state index >= 15 is 0 Å². The van der Waals surface area contributed by atoms with Crippen molar-refractivity contribution in [1.82, 2.24) is 14.7 Å². The number of carbonyl (C=O) groups excluding carboxylic acids is 3. The third-order valence-corrected chi connectivity index (χ3v) is 8.96. The highest BCUT2D eigenvalue weighted by molar-refractivity contribution is 6.00. The zero-order valence-electron chi connectivity index (χ0n) is 23.4. The van der Waals surface area contributed by atoms with Crippen LogP contribution in [0.25, 0.3) is 0 Å². The highest BCUT2D eigenvalue weighted by atomic mass is 16.5. The molecule has 2 saturated heterocycles. The molecule has 214 valence electrons. The van der Waals surface area contributed by atoms with E-state index in [-0.39, 0.29) is 24.3 Å². The monoisotopic (exact) mass is 555 g/mol. The number of rotatable bonds is 8. The molecular formula is C33H37N3O5. The molecule has 4 aliphatic rings. The molecule has 41 heavy (non-hydrogen) atoms. The lowest BCUT2D eigenvalue weighted by atomic mass is 9.74. The first-order valence-corrected chi connectivity index (χ1v) is 14.5. The number of ether oxygens (including phenoxy) is 1. The molecule has 2 aromatic carbocycles. The maximum absolute atomic E-state index is 14.4. The van der Waals surface area contributed by atoms with Crippen LogP contribution in [0.3, 0.4) is 0 Å². The number of likely N-dealkylation sites (tertiary alicyclic amines) is 1. The van der Waals surface area contributed by atoms with Gasteiger partial charge in [0.15, 0.2) is 0 Å². The Kier molecular flexibility index (Phi) is 7.30. The lowest BCUT2D eigenvalue weighted by Gasteiger charge is -2.37. The summed E-state index contributed by atoms with van der Waals surface area (Å²) >= 11 is 0. The third kappa shape index (κ3) is 4.69. The molecule has 1 N–H and O–H groups in total. The number of nitrogens with zero attached hydrogens (tertiary/aromatic N) is 3. The Labute approximate surface area is 240 Å². The summed E-state index contributed by atoms with van der Waals surface area (Å²) in [5.74, 6) is -2.17. The first kappa shape index (κ1) is 27.4. The van der Waals surface area contributed by atoms with Crippen molar-refractivity contribution in [2.75, 3.05) is 26.2 Å². The van der Waals surface area contributed by atoms with Crippen molar-refractivity contribution in [2.45, 2.75) is 50.1 Å². The van der Waals surface area contributed by atoms with Crippen molar-refractivity contribution in [3.63, 3.8) is 0 Å². The quantitative estimate of drug-likeness (QED) is 0.400. The summed E-state index contributed by atoms with van der Waals surface area (Å²) in [6.45, 7) is 3.82. The molecule has 2 aromatic rings. The van der Waals surface area contributed by atoms with Crippen molar-refractivity contribution in [3.05, 3.63) is 96.1 Å². The van der Waals surface area contributed by atoms with E-state index in [1.807, 2.05) is 91.9 Å². The van der Waals surface area contributed by atoms with Gasteiger partial charge in [-0.3, -0.25) is 14.4 Å². The van der Waals surface area contributed by atoms with Gasteiger partial charge in [-0.1, -0.05) is 85.0 Å². The number of amides is 3. The summed E-state index contributed by atoms with van der Waals surface area (Å²) in [4.78, 5) is 48.2. The van der Waals surface area contributed by atoms with Crippen LogP contribution in [0.1, 0.15) is 30.9 Å². The molecule has 8 heteroatoms. The zero-order valence-corrected chi connectivity index (χ0v) is 23.4.